The molecule has 0 fully saturated rings. The lowest BCUT2D eigenvalue weighted by Crippen LogP contribution is -2.26. The van der Waals surface area contributed by atoms with Crippen molar-refractivity contribution in [1.82, 2.24) is 10.5 Å². The Morgan fingerprint density at radius 3 is 3.10 bits per heavy atom. The molecule has 2 aromatic rings. The number of hydrogen-bond donors (Lipinski definition) is 2. The van der Waals surface area contributed by atoms with E-state index in [0.717, 1.165) is 37.1 Å². The molecule has 1 atom stereocenters. The van der Waals surface area contributed by atoms with Gasteiger partial charge in [-0.15, -0.1) is 0 Å². The lowest BCUT2D eigenvalue weighted by molar-refractivity contribution is 0.393. The number of hydrogen-bond acceptors (Lipinski definition) is 3. The van der Waals surface area contributed by atoms with Crippen LogP contribution in [0.2, 0.25) is 0 Å². The number of aromatic amines is 1. The quantitative estimate of drug-likeness (QED) is 0.899. The highest BCUT2D eigenvalue weighted by Crippen LogP contribution is 2.36. The highest BCUT2D eigenvalue weighted by atomic mass is 16.5. The lowest BCUT2D eigenvalue weighted by atomic mass is 9.83. The van der Waals surface area contributed by atoms with Gasteiger partial charge in [-0.05, 0) is 43.4 Å². The van der Waals surface area contributed by atoms with E-state index >= 15 is 0 Å². The van der Waals surface area contributed by atoms with Crippen molar-refractivity contribution in [3.05, 3.63) is 45.8 Å². The number of H-pyrrole nitrogens is 1. The van der Waals surface area contributed by atoms with Crippen LogP contribution in [0.3, 0.4) is 0 Å². The van der Waals surface area contributed by atoms with Crippen molar-refractivity contribution in [2.24, 2.45) is 0 Å². The number of fused-ring (bicyclic) bond motifs is 1. The summed E-state index contributed by atoms with van der Waals surface area (Å²) in [4.78, 5) is 11.3. The first-order chi connectivity index (χ1) is 9.79. The van der Waals surface area contributed by atoms with E-state index in [1.807, 2.05) is 0 Å². The van der Waals surface area contributed by atoms with E-state index in [4.69, 9.17) is 4.52 Å². The van der Waals surface area contributed by atoms with Crippen molar-refractivity contribution >= 4 is 0 Å². The summed E-state index contributed by atoms with van der Waals surface area (Å²) in [5.41, 5.74) is 4.24. The van der Waals surface area contributed by atoms with E-state index in [-0.39, 0.29) is 5.63 Å². The van der Waals surface area contributed by atoms with E-state index in [1.165, 1.54) is 23.6 Å². The second-order valence-electron chi connectivity index (χ2n) is 5.36. The van der Waals surface area contributed by atoms with Gasteiger partial charge >= 0.3 is 5.63 Å². The van der Waals surface area contributed by atoms with E-state index in [1.54, 1.807) is 0 Å². The molecule has 0 spiro atoms. The van der Waals surface area contributed by atoms with Crippen molar-refractivity contribution < 1.29 is 4.52 Å². The summed E-state index contributed by atoms with van der Waals surface area (Å²) in [6, 6.07) is 8.21. The van der Waals surface area contributed by atoms with Gasteiger partial charge in [0.25, 0.3) is 0 Å². The van der Waals surface area contributed by atoms with Gasteiger partial charge in [-0.3, -0.25) is 0 Å². The smallest absolute Gasteiger partial charge is 0.339 e. The SMILES string of the molecule is CCCNC1CCCc2cccc(-c3cc(=O)o[nH]3)c21. The lowest BCUT2D eigenvalue weighted by Gasteiger charge is -2.28. The highest BCUT2D eigenvalue weighted by molar-refractivity contribution is 5.66. The summed E-state index contributed by atoms with van der Waals surface area (Å²) in [5.74, 6) is 0. The van der Waals surface area contributed by atoms with Crippen LogP contribution in [0.25, 0.3) is 11.3 Å². The summed E-state index contributed by atoms with van der Waals surface area (Å²) in [6.45, 7) is 3.19. The molecule has 1 aromatic heterocycles. The first-order valence-corrected chi connectivity index (χ1v) is 7.33. The molecule has 1 aromatic carbocycles. The van der Waals surface area contributed by atoms with Gasteiger partial charge in [0.05, 0.1) is 11.8 Å². The zero-order valence-corrected chi connectivity index (χ0v) is 11.7. The predicted molar refractivity (Wildman–Crippen MR) is 78.7 cm³/mol. The molecule has 0 saturated carbocycles. The van der Waals surface area contributed by atoms with Gasteiger partial charge < -0.3 is 9.84 Å². The summed E-state index contributed by atoms with van der Waals surface area (Å²) >= 11 is 0. The van der Waals surface area contributed by atoms with Crippen molar-refractivity contribution in [3.8, 4) is 11.3 Å². The average molecular weight is 272 g/mol. The van der Waals surface area contributed by atoms with Crippen molar-refractivity contribution in [1.29, 1.82) is 0 Å². The van der Waals surface area contributed by atoms with E-state index < -0.39 is 0 Å². The molecule has 0 bridgehead atoms. The molecule has 4 nitrogen and oxygen atoms in total. The second-order valence-corrected chi connectivity index (χ2v) is 5.36. The fourth-order valence-corrected chi connectivity index (χ4v) is 3.06. The molecule has 1 aliphatic rings. The van der Waals surface area contributed by atoms with Crippen LogP contribution in [0.1, 0.15) is 43.4 Å². The topological polar surface area (TPSA) is 58.0 Å². The number of benzene rings is 1. The number of aryl methyl sites for hydroxylation is 1. The molecule has 0 amide bonds. The first kappa shape index (κ1) is 13.2. The fourth-order valence-electron chi connectivity index (χ4n) is 3.06. The third kappa shape index (κ3) is 2.43. The highest BCUT2D eigenvalue weighted by Gasteiger charge is 2.23. The Labute approximate surface area is 118 Å². The van der Waals surface area contributed by atoms with E-state index in [9.17, 15) is 4.79 Å². The van der Waals surface area contributed by atoms with Crippen molar-refractivity contribution in [2.75, 3.05) is 6.54 Å². The molecule has 0 aliphatic heterocycles. The van der Waals surface area contributed by atoms with Gasteiger partial charge in [0.1, 0.15) is 0 Å². The summed E-state index contributed by atoms with van der Waals surface area (Å²) in [6.07, 6.45) is 4.58. The molecule has 106 valence electrons. The van der Waals surface area contributed by atoms with Gasteiger partial charge in [-0.25, -0.2) is 9.95 Å². The molecule has 2 N–H and O–H groups in total. The third-order valence-electron chi connectivity index (χ3n) is 3.94. The molecule has 4 heteroatoms. The fraction of sp³-hybridized carbons (Fsp3) is 0.438. The number of rotatable bonds is 4. The zero-order chi connectivity index (χ0) is 13.9. The van der Waals surface area contributed by atoms with Crippen LogP contribution in [-0.2, 0) is 6.42 Å². The zero-order valence-electron chi connectivity index (χ0n) is 11.7. The van der Waals surface area contributed by atoms with Crippen LogP contribution in [-0.4, -0.2) is 11.7 Å². The largest absolute Gasteiger partial charge is 0.357 e. The Balaban J connectivity index is 2.05. The van der Waals surface area contributed by atoms with Crippen molar-refractivity contribution in [3.63, 3.8) is 0 Å². The van der Waals surface area contributed by atoms with Crippen LogP contribution >= 0.6 is 0 Å². The van der Waals surface area contributed by atoms with E-state index in [2.05, 4.69) is 35.6 Å². The third-order valence-corrected chi connectivity index (χ3v) is 3.94. The second kappa shape index (κ2) is 5.67. The monoisotopic (exact) mass is 272 g/mol. The maximum absolute atomic E-state index is 11.3. The molecule has 1 aliphatic carbocycles. The average Bonchev–Trinajstić information content (AvgIpc) is 2.91. The Bertz CT molecular complexity index is 642. The maximum atomic E-state index is 11.3. The summed E-state index contributed by atoms with van der Waals surface area (Å²) < 4.78 is 4.83. The molecule has 1 heterocycles. The van der Waals surface area contributed by atoms with Gasteiger partial charge in [0.15, 0.2) is 0 Å². The Morgan fingerprint density at radius 2 is 2.35 bits per heavy atom. The minimum Gasteiger partial charge on any atom is -0.339 e. The Hall–Kier alpha value is -1.81. The normalized spacial score (nSPS) is 17.9. The standard InChI is InChI=1S/C16H20N2O2/c1-2-9-17-13-8-4-6-11-5-3-7-12(16(11)13)14-10-15(19)20-18-14/h3,5,7,10,13,17-18H,2,4,6,8-9H2,1H3. The minimum atomic E-state index is -0.327. The van der Waals surface area contributed by atoms with Gasteiger partial charge in [0, 0.05) is 11.6 Å². The van der Waals surface area contributed by atoms with Gasteiger partial charge in [-0.2, -0.15) is 0 Å². The maximum Gasteiger partial charge on any atom is 0.357 e. The number of nitrogens with one attached hydrogen (secondary N) is 2. The Kier molecular flexibility index (Phi) is 3.74. The van der Waals surface area contributed by atoms with Gasteiger partial charge in [0.2, 0.25) is 0 Å². The molecule has 3 rings (SSSR count). The van der Waals surface area contributed by atoms with Crippen LogP contribution in [0, 0.1) is 0 Å². The summed E-state index contributed by atoms with van der Waals surface area (Å²) in [7, 11) is 0. The molecule has 0 radical (unpaired) electrons. The number of aromatic nitrogens is 1. The van der Waals surface area contributed by atoms with Crippen LogP contribution in [0.15, 0.2) is 33.6 Å². The minimum absolute atomic E-state index is 0.327. The molecular formula is C16H20N2O2. The first-order valence-electron chi connectivity index (χ1n) is 7.33. The molecule has 1 unspecified atom stereocenters. The van der Waals surface area contributed by atoms with Crippen molar-refractivity contribution in [2.45, 2.75) is 38.6 Å². The molecule has 0 saturated heterocycles. The van der Waals surface area contributed by atoms with Crippen LogP contribution in [0.4, 0.5) is 0 Å². The van der Waals surface area contributed by atoms with E-state index in [0.29, 0.717) is 6.04 Å². The molecule has 20 heavy (non-hydrogen) atoms. The van der Waals surface area contributed by atoms with Gasteiger partial charge in [-0.1, -0.05) is 25.1 Å². The Morgan fingerprint density at radius 1 is 1.45 bits per heavy atom. The summed E-state index contributed by atoms with van der Waals surface area (Å²) in [5, 5.41) is 6.36. The van der Waals surface area contributed by atoms with Crippen LogP contribution < -0.4 is 10.9 Å². The molecular weight excluding hydrogens is 252 g/mol. The predicted octanol–water partition coefficient (Wildman–Crippen LogP) is 3.01. The van der Waals surface area contributed by atoms with Crippen LogP contribution in [0.5, 0.6) is 0 Å².